The Morgan fingerprint density at radius 1 is 1.46 bits per heavy atom. The van der Waals surface area contributed by atoms with Crippen LogP contribution in [0.2, 0.25) is 0 Å². The third-order valence-electron chi connectivity index (χ3n) is 1.88. The molecule has 0 aromatic heterocycles. The minimum absolute atomic E-state index is 0.272. The van der Waals surface area contributed by atoms with E-state index in [0.717, 1.165) is 0 Å². The van der Waals surface area contributed by atoms with Crippen molar-refractivity contribution in [2.45, 2.75) is 18.9 Å². The Labute approximate surface area is 77.0 Å². The van der Waals surface area contributed by atoms with Crippen molar-refractivity contribution in [1.82, 2.24) is 0 Å². The number of hydrogen-bond donors (Lipinski definition) is 1. The van der Waals surface area contributed by atoms with E-state index < -0.39 is 5.97 Å². The van der Waals surface area contributed by atoms with E-state index in [1.807, 2.05) is 0 Å². The van der Waals surface area contributed by atoms with Crippen molar-refractivity contribution in [3.63, 3.8) is 0 Å². The predicted molar refractivity (Wildman–Crippen MR) is 49.2 cm³/mol. The molecule has 0 aromatic carbocycles. The Morgan fingerprint density at radius 3 is 2.69 bits per heavy atom. The van der Waals surface area contributed by atoms with Gasteiger partial charge in [-0.05, 0) is 6.42 Å². The van der Waals surface area contributed by atoms with Crippen molar-refractivity contribution in [2.24, 2.45) is 0 Å². The molecule has 0 saturated heterocycles. The Kier molecular flexibility index (Phi) is 2.90. The Balaban J connectivity index is 2.84. The molecule has 0 amide bonds. The van der Waals surface area contributed by atoms with Crippen LogP contribution in [0.1, 0.15) is 12.8 Å². The standard InChI is InChI=1S/C10H12O3/c1-3-5-7-8(6-4-2)13-10(12)9(7)11/h3-4,8,11H,1-2,5-6H2. The molecule has 0 aromatic rings. The van der Waals surface area contributed by atoms with Crippen LogP contribution < -0.4 is 0 Å². The van der Waals surface area contributed by atoms with E-state index in [0.29, 0.717) is 18.4 Å². The molecule has 70 valence electrons. The number of carbonyl (C=O) groups is 1. The molecule has 1 aliphatic heterocycles. The highest BCUT2D eigenvalue weighted by Gasteiger charge is 2.31. The molecule has 1 heterocycles. The van der Waals surface area contributed by atoms with Crippen LogP contribution in [0, 0.1) is 0 Å². The first-order valence-electron chi connectivity index (χ1n) is 4.05. The van der Waals surface area contributed by atoms with Crippen LogP contribution in [0.5, 0.6) is 0 Å². The summed E-state index contributed by atoms with van der Waals surface area (Å²) in [5, 5.41) is 9.31. The van der Waals surface area contributed by atoms with Gasteiger partial charge in [0.15, 0.2) is 0 Å². The van der Waals surface area contributed by atoms with Gasteiger partial charge in [-0.3, -0.25) is 0 Å². The molecule has 0 radical (unpaired) electrons. The summed E-state index contributed by atoms with van der Waals surface area (Å²) in [7, 11) is 0. The molecule has 3 heteroatoms. The van der Waals surface area contributed by atoms with Crippen LogP contribution in [0.15, 0.2) is 36.6 Å². The molecule has 0 aliphatic carbocycles. The van der Waals surface area contributed by atoms with E-state index in [2.05, 4.69) is 13.2 Å². The predicted octanol–water partition coefficient (Wildman–Crippen LogP) is 1.88. The van der Waals surface area contributed by atoms with Crippen LogP contribution in [0.25, 0.3) is 0 Å². The molecule has 1 N–H and O–H groups in total. The van der Waals surface area contributed by atoms with Crippen LogP contribution in [-0.4, -0.2) is 17.2 Å². The molecule has 1 unspecified atom stereocenters. The molecule has 3 nitrogen and oxygen atoms in total. The molecule has 0 bridgehead atoms. The van der Waals surface area contributed by atoms with E-state index >= 15 is 0 Å². The molecule has 1 atom stereocenters. The summed E-state index contributed by atoms with van der Waals surface area (Å²) in [4.78, 5) is 10.9. The molecule has 0 fully saturated rings. The van der Waals surface area contributed by atoms with Crippen molar-refractivity contribution in [3.05, 3.63) is 36.6 Å². The van der Waals surface area contributed by atoms with Crippen LogP contribution >= 0.6 is 0 Å². The van der Waals surface area contributed by atoms with Crippen molar-refractivity contribution in [1.29, 1.82) is 0 Å². The largest absolute Gasteiger partial charge is 0.502 e. The second kappa shape index (κ2) is 3.94. The normalized spacial score (nSPS) is 21.5. The van der Waals surface area contributed by atoms with Crippen molar-refractivity contribution in [2.75, 3.05) is 0 Å². The lowest BCUT2D eigenvalue weighted by Crippen LogP contribution is -2.10. The monoisotopic (exact) mass is 180 g/mol. The van der Waals surface area contributed by atoms with E-state index in [4.69, 9.17) is 4.74 Å². The zero-order chi connectivity index (χ0) is 9.84. The fraction of sp³-hybridized carbons (Fsp3) is 0.300. The first kappa shape index (κ1) is 9.58. The van der Waals surface area contributed by atoms with Gasteiger partial charge in [-0.2, -0.15) is 0 Å². The van der Waals surface area contributed by atoms with Gasteiger partial charge in [-0.1, -0.05) is 12.2 Å². The summed E-state index contributed by atoms with van der Waals surface area (Å²) in [5.74, 6) is -0.921. The molecule has 13 heavy (non-hydrogen) atoms. The van der Waals surface area contributed by atoms with E-state index in [9.17, 15) is 9.90 Å². The number of cyclic esters (lactones) is 1. The van der Waals surface area contributed by atoms with Gasteiger partial charge in [-0.15, -0.1) is 13.2 Å². The Morgan fingerprint density at radius 2 is 2.15 bits per heavy atom. The highest BCUT2D eigenvalue weighted by Crippen LogP contribution is 2.26. The minimum Gasteiger partial charge on any atom is -0.502 e. The Hall–Kier alpha value is -1.51. The maximum absolute atomic E-state index is 10.9. The quantitative estimate of drug-likeness (QED) is 0.530. The topological polar surface area (TPSA) is 46.5 Å². The number of rotatable bonds is 4. The maximum Gasteiger partial charge on any atom is 0.374 e. The smallest absolute Gasteiger partial charge is 0.374 e. The second-order valence-electron chi connectivity index (χ2n) is 2.78. The van der Waals surface area contributed by atoms with Crippen molar-refractivity contribution in [3.8, 4) is 0 Å². The molecule has 0 spiro atoms. The summed E-state index contributed by atoms with van der Waals surface area (Å²) in [5.41, 5.74) is 0.597. The summed E-state index contributed by atoms with van der Waals surface area (Å²) >= 11 is 0. The summed E-state index contributed by atoms with van der Waals surface area (Å²) in [6.07, 6.45) is 3.92. The highest BCUT2D eigenvalue weighted by molar-refractivity contribution is 5.89. The van der Waals surface area contributed by atoms with Gasteiger partial charge >= 0.3 is 5.97 Å². The number of allylic oxidation sites excluding steroid dienone is 1. The fourth-order valence-corrected chi connectivity index (χ4v) is 1.27. The zero-order valence-electron chi connectivity index (χ0n) is 7.32. The van der Waals surface area contributed by atoms with E-state index in [1.165, 1.54) is 0 Å². The number of aliphatic hydroxyl groups excluding tert-OH is 1. The summed E-state index contributed by atoms with van der Waals surface area (Å²) in [6, 6.07) is 0. The van der Waals surface area contributed by atoms with E-state index in [-0.39, 0.29) is 11.9 Å². The first-order chi connectivity index (χ1) is 6.20. The van der Waals surface area contributed by atoms with Gasteiger partial charge in [0.25, 0.3) is 0 Å². The SMILES string of the molecule is C=CCC1=C(O)C(=O)OC1CC=C. The second-order valence-corrected chi connectivity index (χ2v) is 2.78. The lowest BCUT2D eigenvalue weighted by molar-refractivity contribution is -0.141. The average molecular weight is 180 g/mol. The number of esters is 1. The summed E-state index contributed by atoms with van der Waals surface area (Å²) in [6.45, 7) is 7.09. The number of hydrogen-bond acceptors (Lipinski definition) is 3. The number of carbonyl (C=O) groups excluding carboxylic acids is 1. The van der Waals surface area contributed by atoms with Crippen molar-refractivity contribution < 1.29 is 14.6 Å². The summed E-state index contributed by atoms with van der Waals surface area (Å²) < 4.78 is 4.90. The lowest BCUT2D eigenvalue weighted by atomic mass is 10.0. The average Bonchev–Trinajstić information content (AvgIpc) is 2.34. The minimum atomic E-state index is -0.649. The number of aliphatic hydroxyl groups is 1. The van der Waals surface area contributed by atoms with Gasteiger partial charge < -0.3 is 9.84 Å². The third-order valence-corrected chi connectivity index (χ3v) is 1.88. The highest BCUT2D eigenvalue weighted by atomic mass is 16.6. The Bertz CT molecular complexity index is 276. The third kappa shape index (κ3) is 1.80. The zero-order valence-corrected chi connectivity index (χ0v) is 7.32. The molecule has 0 saturated carbocycles. The van der Waals surface area contributed by atoms with Gasteiger partial charge in [0.2, 0.25) is 5.76 Å². The molecule has 1 rings (SSSR count). The van der Waals surface area contributed by atoms with Crippen LogP contribution in [0.4, 0.5) is 0 Å². The van der Waals surface area contributed by atoms with Gasteiger partial charge in [0.05, 0.1) is 0 Å². The van der Waals surface area contributed by atoms with Crippen LogP contribution in [-0.2, 0) is 9.53 Å². The van der Waals surface area contributed by atoms with Crippen LogP contribution in [0.3, 0.4) is 0 Å². The van der Waals surface area contributed by atoms with Gasteiger partial charge in [0.1, 0.15) is 6.10 Å². The lowest BCUT2D eigenvalue weighted by Gasteiger charge is -2.08. The van der Waals surface area contributed by atoms with Gasteiger partial charge in [0, 0.05) is 12.0 Å². The first-order valence-corrected chi connectivity index (χ1v) is 4.05. The van der Waals surface area contributed by atoms with Gasteiger partial charge in [-0.25, -0.2) is 4.79 Å². The molecular formula is C10H12O3. The molecular weight excluding hydrogens is 168 g/mol. The maximum atomic E-state index is 10.9. The number of ether oxygens (including phenoxy) is 1. The van der Waals surface area contributed by atoms with Crippen molar-refractivity contribution >= 4 is 5.97 Å². The fourth-order valence-electron chi connectivity index (χ4n) is 1.27. The van der Waals surface area contributed by atoms with E-state index in [1.54, 1.807) is 12.2 Å². The molecule has 1 aliphatic rings.